The molecular formula is C10H6ClF4NO. The average Bonchev–Trinajstić information content (AvgIpc) is 2.93. The fraction of sp³-hybridized carbons (Fsp3) is 0.400. The first-order valence-electron chi connectivity index (χ1n) is 4.72. The summed E-state index contributed by atoms with van der Waals surface area (Å²) in [5.74, 6) is -0.755. The van der Waals surface area contributed by atoms with Gasteiger partial charge in [0.2, 0.25) is 0 Å². The molecule has 2 rings (SSSR count). The minimum atomic E-state index is -4.62. The van der Waals surface area contributed by atoms with Gasteiger partial charge in [0.05, 0.1) is 11.3 Å². The molecule has 1 aliphatic rings. The van der Waals surface area contributed by atoms with Crippen molar-refractivity contribution in [2.45, 2.75) is 24.7 Å². The van der Waals surface area contributed by atoms with Gasteiger partial charge in [0.1, 0.15) is 11.9 Å². The lowest BCUT2D eigenvalue weighted by Gasteiger charge is -2.09. The van der Waals surface area contributed by atoms with Crippen LogP contribution in [0.3, 0.4) is 0 Å². The van der Waals surface area contributed by atoms with Crippen molar-refractivity contribution < 1.29 is 22.4 Å². The van der Waals surface area contributed by atoms with Crippen molar-refractivity contribution in [1.29, 1.82) is 0 Å². The van der Waals surface area contributed by atoms with E-state index in [1.54, 1.807) is 0 Å². The summed E-state index contributed by atoms with van der Waals surface area (Å²) in [4.78, 5) is 14.3. The molecule has 0 bridgehead atoms. The van der Waals surface area contributed by atoms with E-state index in [0.717, 1.165) is 6.07 Å². The van der Waals surface area contributed by atoms with Crippen LogP contribution in [0.1, 0.15) is 34.1 Å². The number of hydrogen-bond donors (Lipinski definition) is 0. The zero-order valence-corrected chi connectivity index (χ0v) is 9.02. The number of rotatable bonds is 2. The first kappa shape index (κ1) is 12.3. The van der Waals surface area contributed by atoms with E-state index >= 15 is 0 Å². The number of aromatic nitrogens is 1. The molecule has 1 aliphatic carbocycles. The van der Waals surface area contributed by atoms with Crippen molar-refractivity contribution in [2.24, 2.45) is 0 Å². The van der Waals surface area contributed by atoms with Crippen LogP contribution in [0.5, 0.6) is 0 Å². The molecule has 1 saturated carbocycles. The Morgan fingerprint density at radius 1 is 1.41 bits per heavy atom. The maximum atomic E-state index is 12.9. The van der Waals surface area contributed by atoms with Crippen LogP contribution in [0.15, 0.2) is 12.1 Å². The van der Waals surface area contributed by atoms with Gasteiger partial charge in [-0.05, 0) is 30.2 Å². The maximum Gasteiger partial charge on any atom is 0.433 e. The van der Waals surface area contributed by atoms with Gasteiger partial charge < -0.3 is 0 Å². The normalized spacial score (nSPS) is 23.6. The van der Waals surface area contributed by atoms with Gasteiger partial charge in [0.25, 0.3) is 5.24 Å². The maximum absolute atomic E-state index is 12.9. The molecule has 0 aromatic carbocycles. The molecule has 0 aliphatic heterocycles. The number of carbonyl (C=O) groups is 1. The van der Waals surface area contributed by atoms with Crippen LogP contribution >= 0.6 is 11.6 Å². The molecule has 0 spiro atoms. The Balaban J connectivity index is 2.47. The Morgan fingerprint density at radius 2 is 2.00 bits per heavy atom. The third-order valence-electron chi connectivity index (χ3n) is 2.49. The third-order valence-corrected chi connectivity index (χ3v) is 2.69. The number of alkyl halides is 4. The molecule has 0 N–H and O–H groups in total. The van der Waals surface area contributed by atoms with E-state index in [0.29, 0.717) is 6.07 Å². The summed E-state index contributed by atoms with van der Waals surface area (Å²) in [6.45, 7) is 0. The molecule has 2 atom stereocenters. The predicted molar refractivity (Wildman–Crippen MR) is 51.7 cm³/mol. The second kappa shape index (κ2) is 3.94. The molecule has 1 aromatic heterocycles. The molecule has 0 saturated heterocycles. The summed E-state index contributed by atoms with van der Waals surface area (Å²) >= 11 is 5.21. The van der Waals surface area contributed by atoms with Gasteiger partial charge in [-0.1, -0.05) is 0 Å². The molecule has 92 valence electrons. The Hall–Kier alpha value is -1.17. The zero-order valence-electron chi connectivity index (χ0n) is 8.26. The van der Waals surface area contributed by atoms with Gasteiger partial charge in [-0.2, -0.15) is 13.2 Å². The van der Waals surface area contributed by atoms with E-state index in [9.17, 15) is 22.4 Å². The van der Waals surface area contributed by atoms with Crippen LogP contribution in [0.4, 0.5) is 17.6 Å². The van der Waals surface area contributed by atoms with Gasteiger partial charge >= 0.3 is 6.18 Å². The molecule has 17 heavy (non-hydrogen) atoms. The first-order chi connectivity index (χ1) is 7.80. The highest BCUT2D eigenvalue weighted by molar-refractivity contribution is 6.67. The second-order valence-electron chi connectivity index (χ2n) is 3.76. The monoisotopic (exact) mass is 267 g/mol. The Kier molecular flexibility index (Phi) is 2.85. The second-order valence-corrected chi connectivity index (χ2v) is 4.10. The summed E-state index contributed by atoms with van der Waals surface area (Å²) in [6.07, 6.45) is -5.80. The van der Waals surface area contributed by atoms with Gasteiger partial charge in [-0.25, -0.2) is 9.37 Å². The zero-order chi connectivity index (χ0) is 12.8. The Labute approximate surface area is 98.6 Å². The van der Waals surface area contributed by atoms with Crippen molar-refractivity contribution in [3.8, 4) is 0 Å². The summed E-state index contributed by atoms with van der Waals surface area (Å²) in [7, 11) is 0. The van der Waals surface area contributed by atoms with E-state index < -0.39 is 29.2 Å². The highest BCUT2D eigenvalue weighted by atomic mass is 35.5. The topological polar surface area (TPSA) is 30.0 Å². The predicted octanol–water partition coefficient (Wildman–Crippen LogP) is 3.30. The van der Waals surface area contributed by atoms with E-state index in [-0.39, 0.29) is 17.7 Å². The Bertz CT molecular complexity index is 474. The van der Waals surface area contributed by atoms with Gasteiger partial charge in [-0.3, -0.25) is 4.79 Å². The minimum absolute atomic E-state index is 0.0749. The lowest BCUT2D eigenvalue weighted by Crippen LogP contribution is -2.12. The van der Waals surface area contributed by atoms with Gasteiger partial charge in [0.15, 0.2) is 0 Å². The summed E-state index contributed by atoms with van der Waals surface area (Å²) in [5.41, 5.74) is -1.51. The highest BCUT2D eigenvalue weighted by Gasteiger charge is 2.43. The molecule has 7 heteroatoms. The Morgan fingerprint density at radius 3 is 2.41 bits per heavy atom. The van der Waals surface area contributed by atoms with Crippen molar-refractivity contribution in [3.05, 3.63) is 29.1 Å². The van der Waals surface area contributed by atoms with Crippen LogP contribution < -0.4 is 0 Å². The quantitative estimate of drug-likeness (QED) is 0.608. The van der Waals surface area contributed by atoms with E-state index in [1.807, 2.05) is 0 Å². The molecule has 1 unspecified atom stereocenters. The third kappa shape index (κ3) is 2.41. The van der Waals surface area contributed by atoms with Crippen molar-refractivity contribution in [1.82, 2.24) is 4.98 Å². The van der Waals surface area contributed by atoms with Crippen molar-refractivity contribution >= 4 is 16.8 Å². The lowest BCUT2D eigenvalue weighted by molar-refractivity contribution is -0.141. The number of carbonyl (C=O) groups excluding carboxylic acids is 1. The molecule has 1 aromatic rings. The van der Waals surface area contributed by atoms with E-state index in [1.165, 1.54) is 0 Å². The van der Waals surface area contributed by atoms with Gasteiger partial charge in [-0.15, -0.1) is 0 Å². The molecular weight excluding hydrogens is 262 g/mol. The fourth-order valence-electron chi connectivity index (χ4n) is 1.53. The van der Waals surface area contributed by atoms with Crippen LogP contribution in [0.2, 0.25) is 0 Å². The first-order valence-corrected chi connectivity index (χ1v) is 5.10. The number of pyridine rings is 1. The fourth-order valence-corrected chi connectivity index (χ4v) is 1.69. The summed E-state index contributed by atoms with van der Waals surface area (Å²) in [5, 5.41) is -0.930. The highest BCUT2D eigenvalue weighted by Crippen LogP contribution is 2.45. The van der Waals surface area contributed by atoms with Crippen molar-refractivity contribution in [3.63, 3.8) is 0 Å². The van der Waals surface area contributed by atoms with E-state index in [4.69, 9.17) is 11.6 Å². The van der Waals surface area contributed by atoms with Crippen LogP contribution in [0.25, 0.3) is 0 Å². The average molecular weight is 268 g/mol. The smallest absolute Gasteiger partial charge is 0.276 e. The molecule has 1 heterocycles. The standard InChI is InChI=1S/C10H6ClF4NO/c11-9(17)4-1-2-7(10(13,14)15)16-8(4)5-3-6(5)12/h1-2,5-6H,3H2/t5?,6-/m1/s1. The summed E-state index contributed by atoms with van der Waals surface area (Å²) in [6, 6.07) is 1.60. The molecule has 0 radical (unpaired) electrons. The number of nitrogens with zero attached hydrogens (tertiary/aromatic N) is 1. The summed E-state index contributed by atoms with van der Waals surface area (Å²) < 4.78 is 50.1. The van der Waals surface area contributed by atoms with Crippen LogP contribution in [-0.2, 0) is 6.18 Å². The molecule has 1 fully saturated rings. The van der Waals surface area contributed by atoms with Crippen LogP contribution in [-0.4, -0.2) is 16.4 Å². The molecule has 2 nitrogen and oxygen atoms in total. The molecule has 0 amide bonds. The SMILES string of the molecule is O=C(Cl)c1ccc(C(F)(F)F)nc1C1C[C@H]1F. The minimum Gasteiger partial charge on any atom is -0.276 e. The number of halogens is 5. The largest absolute Gasteiger partial charge is 0.433 e. The van der Waals surface area contributed by atoms with Crippen LogP contribution in [0, 0.1) is 0 Å². The van der Waals surface area contributed by atoms with Crippen molar-refractivity contribution in [2.75, 3.05) is 0 Å². The number of hydrogen-bond acceptors (Lipinski definition) is 2. The van der Waals surface area contributed by atoms with E-state index in [2.05, 4.69) is 4.98 Å². The van der Waals surface area contributed by atoms with Gasteiger partial charge in [0, 0.05) is 5.92 Å². The lowest BCUT2D eigenvalue weighted by atomic mass is 10.1.